The van der Waals surface area contributed by atoms with Crippen molar-refractivity contribution in [1.82, 2.24) is 14.9 Å². The van der Waals surface area contributed by atoms with Gasteiger partial charge in [-0.3, -0.25) is 15.1 Å². The van der Waals surface area contributed by atoms with Gasteiger partial charge in [0.25, 0.3) is 0 Å². The van der Waals surface area contributed by atoms with Gasteiger partial charge >= 0.3 is 0 Å². The van der Waals surface area contributed by atoms with E-state index in [-0.39, 0.29) is 17.2 Å². The molecule has 4 aromatic rings. The van der Waals surface area contributed by atoms with Crippen LogP contribution in [0.15, 0.2) is 72.8 Å². The van der Waals surface area contributed by atoms with Gasteiger partial charge in [-0.1, -0.05) is 30.3 Å². The molecular weight excluding hydrogens is 477 g/mol. The van der Waals surface area contributed by atoms with Crippen LogP contribution in [0.2, 0.25) is 0 Å². The number of benzene rings is 3. The number of rotatable bonds is 4. The third-order valence-corrected chi connectivity index (χ3v) is 7.50. The van der Waals surface area contributed by atoms with Crippen LogP contribution in [-0.4, -0.2) is 52.9 Å². The third kappa shape index (κ3) is 4.29. The predicted molar refractivity (Wildman–Crippen MR) is 147 cm³/mol. The molecule has 0 radical (unpaired) electrons. The maximum Gasteiger partial charge on any atom is 0.242 e. The number of anilines is 1. The van der Waals surface area contributed by atoms with E-state index in [1.807, 2.05) is 12.1 Å². The Balaban J connectivity index is 1.39. The number of carbonyl (C=O) groups excluding carboxylic acids is 1. The fraction of sp³-hybridized carbons (Fsp3) is 0.226. The molecule has 7 heteroatoms. The second kappa shape index (κ2) is 9.58. The van der Waals surface area contributed by atoms with Gasteiger partial charge in [-0.2, -0.15) is 0 Å². The number of nitrogens with one attached hydrogen (secondary N) is 1. The van der Waals surface area contributed by atoms with E-state index in [1.165, 1.54) is 17.8 Å². The quantitative estimate of drug-likeness (QED) is 0.365. The Kier molecular flexibility index (Phi) is 6.08. The number of aromatic nitrogens is 2. The van der Waals surface area contributed by atoms with Crippen molar-refractivity contribution in [2.45, 2.75) is 19.9 Å². The van der Waals surface area contributed by atoms with Crippen molar-refractivity contribution in [3.63, 3.8) is 0 Å². The second-order valence-electron chi connectivity index (χ2n) is 10.1. The summed E-state index contributed by atoms with van der Waals surface area (Å²) in [5.41, 5.74) is 5.88. The average molecular weight is 506 g/mol. The summed E-state index contributed by atoms with van der Waals surface area (Å²) in [6.45, 7) is 8.57. The number of fused-ring (bicyclic) bond motifs is 4. The number of hydrogen-bond donors (Lipinski definition) is 1. The maximum atomic E-state index is 13.7. The molecule has 1 aromatic heterocycles. The monoisotopic (exact) mass is 505 g/mol. The van der Waals surface area contributed by atoms with Gasteiger partial charge in [0.15, 0.2) is 5.78 Å². The van der Waals surface area contributed by atoms with Crippen LogP contribution in [-0.2, 0) is 0 Å². The number of carbonyl (C=O) groups is 1. The molecule has 6 nitrogen and oxygen atoms in total. The molecule has 0 saturated carbocycles. The Morgan fingerprint density at radius 3 is 2.16 bits per heavy atom. The minimum atomic E-state index is -0.377. The highest BCUT2D eigenvalue weighted by Gasteiger charge is 2.28. The molecule has 1 fully saturated rings. The molecule has 38 heavy (non-hydrogen) atoms. The van der Waals surface area contributed by atoms with Gasteiger partial charge in [-0.05, 0) is 67.4 Å². The molecule has 2 heterocycles. The van der Waals surface area contributed by atoms with E-state index in [0.717, 1.165) is 37.3 Å². The molecular formula is C31H28FN5O. The highest BCUT2D eigenvalue weighted by atomic mass is 19.1. The van der Waals surface area contributed by atoms with E-state index >= 15 is 0 Å². The van der Waals surface area contributed by atoms with Crippen LogP contribution in [0.1, 0.15) is 29.8 Å². The summed E-state index contributed by atoms with van der Waals surface area (Å²) in [4.78, 5) is 27.4. The zero-order valence-corrected chi connectivity index (χ0v) is 21.4. The van der Waals surface area contributed by atoms with E-state index in [0.29, 0.717) is 39.7 Å². The molecule has 2 bridgehead atoms. The largest absolute Gasteiger partial charge is 0.369 e. The first-order chi connectivity index (χ1) is 18.4. The van der Waals surface area contributed by atoms with Crippen molar-refractivity contribution < 1.29 is 9.18 Å². The molecule has 190 valence electrons. The SMILES string of the molecule is CC(C)N1CCN(c2ccc(-c3cccc4c3-c3cc(c(-c5ccc(F)cc5)nc(=N)n3)C4=O)cc2)CC1. The molecule has 6 rings (SSSR count). The Hall–Kier alpha value is -4.23. The Labute approximate surface area is 220 Å². The Morgan fingerprint density at radius 1 is 0.816 bits per heavy atom. The smallest absolute Gasteiger partial charge is 0.242 e. The molecule has 1 aliphatic carbocycles. The lowest BCUT2D eigenvalue weighted by Gasteiger charge is -2.38. The lowest BCUT2D eigenvalue weighted by molar-refractivity contribution is 0.103. The van der Waals surface area contributed by atoms with Gasteiger partial charge < -0.3 is 4.90 Å². The van der Waals surface area contributed by atoms with Gasteiger partial charge in [0.2, 0.25) is 5.62 Å². The standard InChI is InChI=1S/C31H28FN5O/c1-19(2)36-14-16-37(17-15-36)23-12-8-20(9-13-23)24-4-3-5-25-28(24)27-18-26(30(25)38)29(35-31(33)34-27)21-6-10-22(32)11-7-21/h3-13,18-19,33H,14-17H2,1-2H3. The van der Waals surface area contributed by atoms with Crippen molar-refractivity contribution in [3.05, 3.63) is 95.4 Å². The topological polar surface area (TPSA) is 73.2 Å². The molecule has 0 spiro atoms. The fourth-order valence-electron chi connectivity index (χ4n) is 5.42. The Bertz CT molecular complexity index is 1590. The van der Waals surface area contributed by atoms with Gasteiger partial charge in [0.1, 0.15) is 5.82 Å². The lowest BCUT2D eigenvalue weighted by Crippen LogP contribution is -2.48. The molecule has 1 N–H and O–H groups in total. The summed E-state index contributed by atoms with van der Waals surface area (Å²) in [6.07, 6.45) is 0. The first-order valence-electron chi connectivity index (χ1n) is 12.9. The van der Waals surface area contributed by atoms with Crippen LogP contribution in [0.25, 0.3) is 33.6 Å². The van der Waals surface area contributed by atoms with E-state index in [9.17, 15) is 9.18 Å². The normalized spacial score (nSPS) is 15.1. The van der Waals surface area contributed by atoms with Crippen LogP contribution >= 0.6 is 0 Å². The van der Waals surface area contributed by atoms with E-state index in [2.05, 4.69) is 57.9 Å². The summed E-state index contributed by atoms with van der Waals surface area (Å²) >= 11 is 0. The summed E-state index contributed by atoms with van der Waals surface area (Å²) in [6, 6.07) is 22.2. The van der Waals surface area contributed by atoms with Crippen molar-refractivity contribution in [1.29, 1.82) is 5.41 Å². The molecule has 0 amide bonds. The molecule has 0 unspecified atom stereocenters. The first kappa shape index (κ1) is 24.1. The molecule has 2 aliphatic rings. The minimum Gasteiger partial charge on any atom is -0.369 e. The molecule has 1 aliphatic heterocycles. The van der Waals surface area contributed by atoms with Crippen LogP contribution < -0.4 is 10.5 Å². The zero-order chi connectivity index (χ0) is 26.4. The number of ketones is 1. The minimum absolute atomic E-state index is 0.182. The van der Waals surface area contributed by atoms with Gasteiger partial charge in [-0.25, -0.2) is 14.4 Å². The van der Waals surface area contributed by atoms with Crippen LogP contribution in [0, 0.1) is 11.2 Å². The number of hydrogen-bond acceptors (Lipinski definition) is 6. The maximum absolute atomic E-state index is 13.7. The van der Waals surface area contributed by atoms with Gasteiger partial charge in [-0.15, -0.1) is 0 Å². The third-order valence-electron chi connectivity index (χ3n) is 7.50. The fourth-order valence-corrected chi connectivity index (χ4v) is 5.42. The summed E-state index contributed by atoms with van der Waals surface area (Å²) in [7, 11) is 0. The van der Waals surface area contributed by atoms with E-state index < -0.39 is 0 Å². The van der Waals surface area contributed by atoms with E-state index in [1.54, 1.807) is 24.3 Å². The number of nitrogens with zero attached hydrogens (tertiary/aromatic N) is 4. The lowest BCUT2D eigenvalue weighted by atomic mass is 9.85. The summed E-state index contributed by atoms with van der Waals surface area (Å²) in [5.74, 6) is -0.559. The van der Waals surface area contributed by atoms with Gasteiger partial charge in [0.05, 0.1) is 17.0 Å². The van der Waals surface area contributed by atoms with Crippen molar-refractivity contribution in [2.24, 2.45) is 0 Å². The van der Waals surface area contributed by atoms with Crippen molar-refractivity contribution in [2.75, 3.05) is 31.1 Å². The Morgan fingerprint density at radius 2 is 1.47 bits per heavy atom. The highest BCUT2D eigenvalue weighted by molar-refractivity contribution is 6.19. The predicted octanol–water partition coefficient (Wildman–Crippen LogP) is 5.17. The van der Waals surface area contributed by atoms with Crippen molar-refractivity contribution >= 4 is 11.5 Å². The molecule has 3 aromatic carbocycles. The van der Waals surface area contributed by atoms with Crippen LogP contribution in [0.5, 0.6) is 0 Å². The number of piperazine rings is 1. The first-order valence-corrected chi connectivity index (χ1v) is 12.9. The summed E-state index contributed by atoms with van der Waals surface area (Å²) < 4.78 is 13.5. The number of halogens is 1. The molecule has 0 atom stereocenters. The average Bonchev–Trinajstić information content (AvgIpc) is 3.09. The van der Waals surface area contributed by atoms with Gasteiger partial charge in [0, 0.05) is 54.6 Å². The second-order valence-corrected chi connectivity index (χ2v) is 10.1. The molecule has 1 saturated heterocycles. The van der Waals surface area contributed by atoms with Crippen LogP contribution in [0.3, 0.4) is 0 Å². The zero-order valence-electron chi connectivity index (χ0n) is 21.4. The highest BCUT2D eigenvalue weighted by Crippen LogP contribution is 2.39. The van der Waals surface area contributed by atoms with Crippen molar-refractivity contribution in [3.8, 4) is 33.6 Å². The van der Waals surface area contributed by atoms with Crippen LogP contribution in [0.4, 0.5) is 10.1 Å². The summed E-state index contributed by atoms with van der Waals surface area (Å²) in [5, 5.41) is 8.36. The van der Waals surface area contributed by atoms with E-state index in [4.69, 9.17) is 5.41 Å².